The number of hydrogen-bond donors (Lipinski definition) is 1. The fourth-order valence-corrected chi connectivity index (χ4v) is 4.48. The van der Waals surface area contributed by atoms with E-state index in [1.54, 1.807) is 0 Å². The van der Waals surface area contributed by atoms with Gasteiger partial charge in [0.15, 0.2) is 0 Å². The molecule has 0 saturated carbocycles. The van der Waals surface area contributed by atoms with Crippen molar-refractivity contribution in [2.75, 3.05) is 0 Å². The second kappa shape index (κ2) is 12.8. The van der Waals surface area contributed by atoms with E-state index in [1.807, 2.05) is 13.8 Å². The normalized spacial score (nSPS) is 30.0. The summed E-state index contributed by atoms with van der Waals surface area (Å²) in [6.45, 7) is 8.22. The van der Waals surface area contributed by atoms with Crippen LogP contribution in [-0.2, 0) is 14.3 Å². The van der Waals surface area contributed by atoms with Gasteiger partial charge in [-0.15, -0.1) is 0 Å². The number of hydrogen-bond acceptors (Lipinski definition) is 5. The number of carbonyl (C=O) groups is 2. The van der Waals surface area contributed by atoms with Crippen molar-refractivity contribution in [1.29, 1.82) is 0 Å². The molecule has 6 heteroatoms. The summed E-state index contributed by atoms with van der Waals surface area (Å²) in [6, 6.07) is 0. The van der Waals surface area contributed by atoms with E-state index in [0.29, 0.717) is 24.7 Å². The summed E-state index contributed by atoms with van der Waals surface area (Å²) in [5.74, 6) is -0.388. The van der Waals surface area contributed by atoms with E-state index in [9.17, 15) is 19.8 Å². The van der Waals surface area contributed by atoms with E-state index in [2.05, 4.69) is 32.1 Å². The van der Waals surface area contributed by atoms with Gasteiger partial charge < -0.3 is 19.7 Å². The van der Waals surface area contributed by atoms with Crippen LogP contribution in [0.5, 0.6) is 0 Å². The van der Waals surface area contributed by atoms with Crippen LogP contribution in [0.15, 0.2) is 36.0 Å². The van der Waals surface area contributed by atoms with Crippen molar-refractivity contribution >= 4 is 11.9 Å². The zero-order valence-electron chi connectivity index (χ0n) is 19.0. The molecular formula is C24H35NaO5. The third-order valence-electron chi connectivity index (χ3n) is 6.37. The predicted octanol–water partition coefficient (Wildman–Crippen LogP) is 0.190. The fourth-order valence-electron chi connectivity index (χ4n) is 4.48. The van der Waals surface area contributed by atoms with Gasteiger partial charge in [-0.1, -0.05) is 52.0 Å². The summed E-state index contributed by atoms with van der Waals surface area (Å²) in [6.07, 6.45) is 11.6. The van der Waals surface area contributed by atoms with Gasteiger partial charge in [-0.3, -0.25) is 4.79 Å². The number of ether oxygens (including phenoxy) is 1. The number of fused-ring (bicyclic) bond motifs is 1. The molecule has 0 spiro atoms. The average molecular weight is 427 g/mol. The number of carboxylic acid groups (broad SMARTS) is 1. The number of carbonyl (C=O) groups excluding carboxylic acids is 2. The zero-order valence-corrected chi connectivity index (χ0v) is 21.0. The van der Waals surface area contributed by atoms with Gasteiger partial charge in [0, 0.05) is 5.92 Å². The van der Waals surface area contributed by atoms with Crippen LogP contribution in [0.3, 0.4) is 0 Å². The molecule has 0 fully saturated rings. The summed E-state index contributed by atoms with van der Waals surface area (Å²) >= 11 is 0. The molecule has 0 aromatic heterocycles. The number of rotatable bonds is 9. The number of carboxylic acids is 1. The van der Waals surface area contributed by atoms with Crippen LogP contribution in [-0.4, -0.2) is 29.3 Å². The Balaban J connectivity index is 0.00000450. The van der Waals surface area contributed by atoms with Crippen molar-refractivity contribution in [2.24, 2.45) is 29.6 Å². The van der Waals surface area contributed by atoms with Crippen molar-refractivity contribution in [3.8, 4) is 0 Å². The molecule has 1 N–H and O–H groups in total. The molecule has 0 aromatic carbocycles. The van der Waals surface area contributed by atoms with E-state index in [-0.39, 0.29) is 59.4 Å². The minimum Gasteiger partial charge on any atom is -0.545 e. The molecule has 0 amide bonds. The minimum atomic E-state index is -1.25. The van der Waals surface area contributed by atoms with Gasteiger partial charge in [0.1, 0.15) is 6.10 Å². The van der Waals surface area contributed by atoms with Crippen LogP contribution in [0, 0.1) is 29.6 Å². The van der Waals surface area contributed by atoms with Crippen LogP contribution in [0.2, 0.25) is 0 Å². The third-order valence-corrected chi connectivity index (χ3v) is 6.37. The molecule has 0 bridgehead atoms. The number of aliphatic hydroxyl groups is 1. The Morgan fingerprint density at radius 2 is 2.07 bits per heavy atom. The van der Waals surface area contributed by atoms with Crippen molar-refractivity contribution < 1.29 is 54.1 Å². The first-order valence-electron chi connectivity index (χ1n) is 10.9. The van der Waals surface area contributed by atoms with Crippen molar-refractivity contribution in [3.05, 3.63) is 36.0 Å². The first-order chi connectivity index (χ1) is 13.7. The van der Waals surface area contributed by atoms with Crippen molar-refractivity contribution in [2.45, 2.75) is 72.0 Å². The van der Waals surface area contributed by atoms with E-state index >= 15 is 0 Å². The number of esters is 1. The van der Waals surface area contributed by atoms with Crippen molar-refractivity contribution in [1.82, 2.24) is 0 Å². The Hall–Kier alpha value is -0.880. The van der Waals surface area contributed by atoms with Gasteiger partial charge in [-0.25, -0.2) is 0 Å². The molecule has 0 saturated heterocycles. The van der Waals surface area contributed by atoms with E-state index in [4.69, 9.17) is 4.74 Å². The molecule has 5 nitrogen and oxygen atoms in total. The topological polar surface area (TPSA) is 86.7 Å². The van der Waals surface area contributed by atoms with Crippen LogP contribution in [0.4, 0.5) is 0 Å². The SMILES string of the molecule is CC[C@@H](C)C(=O)O[C@@H]1C[C@H](C)C=C2C=C[C@@H](C)[C@@H](CC[C@@H](O)C/C=C/C(=O)[O-])[C@@H]21.[Na+]. The molecule has 0 aromatic rings. The Morgan fingerprint density at radius 3 is 2.70 bits per heavy atom. The number of allylic oxidation sites excluding steroid dienone is 3. The maximum atomic E-state index is 12.5. The summed E-state index contributed by atoms with van der Waals surface area (Å²) < 4.78 is 6.00. The summed E-state index contributed by atoms with van der Waals surface area (Å²) in [5, 5.41) is 20.7. The Labute approximate surface area is 202 Å². The van der Waals surface area contributed by atoms with Crippen LogP contribution in [0.1, 0.15) is 59.8 Å². The monoisotopic (exact) mass is 426 g/mol. The van der Waals surface area contributed by atoms with Crippen LogP contribution < -0.4 is 34.7 Å². The van der Waals surface area contributed by atoms with Gasteiger partial charge >= 0.3 is 35.5 Å². The second-order valence-corrected chi connectivity index (χ2v) is 8.76. The summed E-state index contributed by atoms with van der Waals surface area (Å²) in [4.78, 5) is 23.0. The third kappa shape index (κ3) is 7.67. The Morgan fingerprint density at radius 1 is 1.37 bits per heavy atom. The molecule has 0 heterocycles. The molecule has 2 aliphatic rings. The van der Waals surface area contributed by atoms with Crippen molar-refractivity contribution in [3.63, 3.8) is 0 Å². The molecular weight excluding hydrogens is 391 g/mol. The van der Waals surface area contributed by atoms with Gasteiger partial charge in [0.05, 0.1) is 18.0 Å². The van der Waals surface area contributed by atoms with Crippen LogP contribution >= 0.6 is 0 Å². The minimum absolute atomic E-state index is 0. The molecule has 162 valence electrons. The van der Waals surface area contributed by atoms with Gasteiger partial charge in [-0.2, -0.15) is 0 Å². The Kier molecular flexibility index (Phi) is 11.6. The van der Waals surface area contributed by atoms with Gasteiger partial charge in [0.25, 0.3) is 0 Å². The van der Waals surface area contributed by atoms with E-state index in [0.717, 1.165) is 25.3 Å². The second-order valence-electron chi connectivity index (χ2n) is 8.76. The van der Waals surface area contributed by atoms with Gasteiger partial charge in [0.2, 0.25) is 0 Å². The first kappa shape index (κ1) is 27.2. The number of aliphatic hydroxyl groups excluding tert-OH is 1. The number of aliphatic carboxylic acids is 1. The average Bonchev–Trinajstić information content (AvgIpc) is 2.66. The molecule has 7 atom stereocenters. The zero-order chi connectivity index (χ0) is 21.6. The molecule has 30 heavy (non-hydrogen) atoms. The Bertz CT molecular complexity index is 669. The summed E-state index contributed by atoms with van der Waals surface area (Å²) in [7, 11) is 0. The predicted molar refractivity (Wildman–Crippen MR) is 110 cm³/mol. The smallest absolute Gasteiger partial charge is 0.545 e. The molecule has 0 aliphatic heterocycles. The molecule has 0 unspecified atom stereocenters. The summed E-state index contributed by atoms with van der Waals surface area (Å²) in [5.41, 5.74) is 1.24. The largest absolute Gasteiger partial charge is 1.00 e. The molecule has 0 radical (unpaired) electrons. The first-order valence-corrected chi connectivity index (χ1v) is 10.9. The van der Waals surface area contributed by atoms with E-state index in [1.165, 1.54) is 11.6 Å². The quantitative estimate of drug-likeness (QED) is 0.323. The van der Waals surface area contributed by atoms with Gasteiger partial charge in [-0.05, 0) is 61.5 Å². The van der Waals surface area contributed by atoms with Crippen LogP contribution in [0.25, 0.3) is 0 Å². The molecule has 2 aliphatic carbocycles. The molecule has 2 rings (SSSR count). The maximum absolute atomic E-state index is 12.5. The van der Waals surface area contributed by atoms with E-state index < -0.39 is 12.1 Å². The fraction of sp³-hybridized carbons (Fsp3) is 0.667. The maximum Gasteiger partial charge on any atom is 1.00 e. The standard InChI is InChI=1S/C24H36O5.Na/c1-5-16(3)24(28)29-21-14-15(2)13-18-10-9-17(4)20(23(18)21)12-11-19(25)7-6-8-22(26)27;/h6,8-10,13,15-17,19-21,23,25H,5,7,11-12,14H2,1-4H3,(H,26,27);/q;+1/p-1/b8-6+;/t15-,16-,17-,19+,20-,21-,23-;/m1./s1.